The van der Waals surface area contributed by atoms with E-state index in [0.29, 0.717) is 0 Å². The van der Waals surface area contributed by atoms with Gasteiger partial charge in [0.05, 0.1) is 0 Å². The van der Waals surface area contributed by atoms with Gasteiger partial charge in [-0.3, -0.25) is 0 Å². The van der Waals surface area contributed by atoms with Gasteiger partial charge in [0.25, 0.3) is 0 Å². The van der Waals surface area contributed by atoms with Crippen LogP contribution in [0.2, 0.25) is 0 Å². The molecule has 0 rings (SSSR count). The van der Waals surface area contributed by atoms with Crippen LogP contribution in [0.15, 0.2) is 0 Å². The largest absolute Gasteiger partial charge is 1.00 e. The van der Waals surface area contributed by atoms with Crippen LogP contribution in [-0.2, 0) is 14.4 Å². The third-order valence-corrected chi connectivity index (χ3v) is 1.27. The maximum absolute atomic E-state index is 10.3. The van der Waals surface area contributed by atoms with Gasteiger partial charge >= 0.3 is 124 Å². The summed E-state index contributed by atoms with van der Waals surface area (Å²) >= 11 is 0. The molecule has 0 aliphatic heterocycles. The average Bonchev–Trinajstić information content (AvgIpc) is 1.82. The minimum atomic E-state index is -2.86. The van der Waals surface area contributed by atoms with Gasteiger partial charge in [-0.15, -0.1) is 0 Å². The Bertz CT molecular complexity index is 252. The van der Waals surface area contributed by atoms with Crippen LogP contribution in [0.3, 0.4) is 0 Å². The fourth-order valence-electron chi connectivity index (χ4n) is 0.691. The number of aliphatic hydroxyl groups is 1. The van der Waals surface area contributed by atoms with E-state index in [4.69, 9.17) is 10.2 Å². The topological polar surface area (TPSA) is 138 Å². The summed E-state index contributed by atoms with van der Waals surface area (Å²) in [4.78, 5) is 30.2. The Morgan fingerprint density at radius 2 is 1.11 bits per heavy atom. The molecule has 0 amide bonds. The monoisotopic (exact) mass is 336 g/mol. The summed E-state index contributed by atoms with van der Waals surface area (Å²) in [6, 6.07) is 0. The van der Waals surface area contributed by atoms with Gasteiger partial charge in [0, 0.05) is 24.8 Å². The second-order valence-corrected chi connectivity index (χ2v) is 2.43. The molecule has 0 saturated carbocycles. The molecule has 0 radical (unpaired) electrons. The zero-order valence-electron chi connectivity index (χ0n) is 11.1. The van der Waals surface area contributed by atoms with E-state index in [1.54, 1.807) is 0 Å². The number of carbonyl (C=O) groups is 3. The van der Waals surface area contributed by atoms with E-state index in [2.05, 4.69) is 0 Å². The number of aliphatic carboxylic acids is 3. The van der Waals surface area contributed by atoms with E-state index in [9.17, 15) is 24.6 Å². The second-order valence-electron chi connectivity index (χ2n) is 2.43. The van der Waals surface area contributed by atoms with Gasteiger partial charge in [-0.1, -0.05) is 0 Å². The standard InChI is InChI=1S/C6H8O7.ClH.FH.4Na/c7-3(8)1-6(13,5(11)12)2-4(9)10;;;;;;/h13H,1-2H2,(H,7,8)(H,9,10)(H,11,12);2*1H;;;;/q;;;4*+1/p-4. The molecule has 0 aromatic carbocycles. The predicted molar refractivity (Wildman–Crippen MR) is 31.8 cm³/mol. The molecule has 0 saturated heterocycles. The summed E-state index contributed by atoms with van der Waals surface area (Å²) in [5.74, 6) is -5.65. The summed E-state index contributed by atoms with van der Waals surface area (Å²) < 4.78 is 0. The van der Waals surface area contributed by atoms with Crippen molar-refractivity contribution in [2.45, 2.75) is 18.4 Å². The van der Waals surface area contributed by atoms with Crippen LogP contribution in [-0.4, -0.2) is 33.7 Å². The molecule has 0 bridgehead atoms. The summed E-state index contributed by atoms with van der Waals surface area (Å²) in [6.07, 6.45) is -2.59. The molecular formula is C6H6ClFNa4O7. The molecule has 0 heterocycles. The van der Waals surface area contributed by atoms with E-state index in [1.807, 2.05) is 0 Å². The van der Waals surface area contributed by atoms with Crippen molar-refractivity contribution in [2.75, 3.05) is 0 Å². The Hall–Kier alpha value is 2.59. The quantitative estimate of drug-likeness (QED) is 0.475. The molecule has 0 unspecified atom stereocenters. The third kappa shape index (κ3) is 20.6. The molecule has 0 aliphatic carbocycles. The van der Waals surface area contributed by atoms with E-state index in [-0.39, 0.29) is 135 Å². The van der Waals surface area contributed by atoms with Gasteiger partial charge in [0.1, 0.15) is 0 Å². The number of carboxylic acids is 3. The average molecular weight is 337 g/mol. The zero-order chi connectivity index (χ0) is 10.6. The molecule has 0 atom stereocenters. The Labute approximate surface area is 203 Å². The van der Waals surface area contributed by atoms with Crippen molar-refractivity contribution in [2.24, 2.45) is 0 Å². The van der Waals surface area contributed by atoms with Gasteiger partial charge in [-0.2, -0.15) is 0 Å². The number of hydrogen-bond donors (Lipinski definition) is 2. The number of carbonyl (C=O) groups excluding carboxylic acids is 2. The van der Waals surface area contributed by atoms with Gasteiger partial charge in [-0.05, 0) is 0 Å². The Kier molecular flexibility index (Phi) is 46.6. The molecule has 0 fully saturated rings. The Balaban J connectivity index is -0.0000000480. The molecule has 0 spiro atoms. The van der Waals surface area contributed by atoms with Crippen LogP contribution in [0.25, 0.3) is 0 Å². The van der Waals surface area contributed by atoms with Gasteiger partial charge < -0.3 is 47.1 Å². The first-order valence-electron chi connectivity index (χ1n) is 3.13. The van der Waals surface area contributed by atoms with Crippen LogP contribution >= 0.6 is 0 Å². The number of halogens is 2. The molecular weight excluding hydrogens is 330 g/mol. The van der Waals surface area contributed by atoms with Gasteiger partial charge in [0.2, 0.25) is 0 Å². The van der Waals surface area contributed by atoms with Gasteiger partial charge in [-0.25, -0.2) is 4.79 Å². The van der Waals surface area contributed by atoms with Crippen molar-refractivity contribution in [1.29, 1.82) is 0 Å². The molecule has 19 heavy (non-hydrogen) atoms. The molecule has 0 aromatic rings. The summed E-state index contributed by atoms with van der Waals surface area (Å²) in [7, 11) is 0. The van der Waals surface area contributed by atoms with Crippen LogP contribution in [0, 0.1) is 0 Å². The number of carboxylic acid groups (broad SMARTS) is 3. The third-order valence-electron chi connectivity index (χ3n) is 1.27. The van der Waals surface area contributed by atoms with Crippen molar-refractivity contribution in [3.8, 4) is 0 Å². The SMILES string of the molecule is O=C([O-])CC(O)(CC(=O)[O-])C(=O)O.[Cl-].[F-].[Na+].[Na+].[Na+].[Na+]. The fraction of sp³-hybridized carbons (Fsp3) is 0.500. The first-order valence-corrected chi connectivity index (χ1v) is 3.13. The summed E-state index contributed by atoms with van der Waals surface area (Å²) in [5, 5.41) is 37.2. The smallest absolute Gasteiger partial charge is 1.00 e. The fourth-order valence-corrected chi connectivity index (χ4v) is 0.691. The van der Waals surface area contributed by atoms with Crippen LogP contribution < -0.4 is 146 Å². The summed E-state index contributed by atoms with van der Waals surface area (Å²) in [5.41, 5.74) is -2.86. The Morgan fingerprint density at radius 3 is 1.21 bits per heavy atom. The van der Waals surface area contributed by atoms with Crippen molar-refractivity contribution in [3.63, 3.8) is 0 Å². The predicted octanol–water partition coefficient (Wildman–Crippen LogP) is -21.9. The van der Waals surface area contributed by atoms with E-state index < -0.39 is 36.4 Å². The first kappa shape index (κ1) is 43.0. The molecule has 0 aromatic heterocycles. The maximum atomic E-state index is 10.3. The molecule has 2 N–H and O–H groups in total. The van der Waals surface area contributed by atoms with Crippen molar-refractivity contribution >= 4 is 17.9 Å². The first-order chi connectivity index (χ1) is 5.78. The van der Waals surface area contributed by atoms with E-state index in [0.717, 1.165) is 0 Å². The minimum Gasteiger partial charge on any atom is -1.00 e. The maximum Gasteiger partial charge on any atom is 1.00 e. The van der Waals surface area contributed by atoms with Crippen molar-refractivity contribution in [1.82, 2.24) is 0 Å². The van der Waals surface area contributed by atoms with Crippen LogP contribution in [0.1, 0.15) is 12.8 Å². The molecule has 13 heteroatoms. The zero-order valence-corrected chi connectivity index (χ0v) is 19.9. The number of rotatable bonds is 5. The van der Waals surface area contributed by atoms with Crippen molar-refractivity contribution < 1.29 is 170 Å². The Morgan fingerprint density at radius 1 is 0.895 bits per heavy atom. The molecule has 0 aliphatic rings. The summed E-state index contributed by atoms with van der Waals surface area (Å²) in [6.45, 7) is 0. The molecule has 7 nitrogen and oxygen atoms in total. The second kappa shape index (κ2) is 20.6. The van der Waals surface area contributed by atoms with Crippen molar-refractivity contribution in [3.05, 3.63) is 0 Å². The van der Waals surface area contributed by atoms with Crippen LogP contribution in [0.4, 0.5) is 0 Å². The van der Waals surface area contributed by atoms with E-state index >= 15 is 0 Å². The normalized spacial score (nSPS) is 7.42. The van der Waals surface area contributed by atoms with Gasteiger partial charge in [0.15, 0.2) is 5.60 Å². The molecule has 90 valence electrons. The minimum absolute atomic E-state index is 0. The van der Waals surface area contributed by atoms with Crippen LogP contribution in [0.5, 0.6) is 0 Å². The number of hydrogen-bond acceptors (Lipinski definition) is 6. The van der Waals surface area contributed by atoms with E-state index in [1.165, 1.54) is 0 Å².